The first-order valence-electron chi connectivity index (χ1n) is 6.45. The Kier molecular flexibility index (Phi) is 5.61. The van der Waals surface area contributed by atoms with Gasteiger partial charge in [0, 0.05) is 45.6 Å². The molecular weight excluding hydrogens is 263 g/mol. The van der Waals surface area contributed by atoms with E-state index in [2.05, 4.69) is 0 Å². The third kappa shape index (κ3) is 4.35. The molecule has 112 valence electrons. The van der Waals surface area contributed by atoms with Crippen molar-refractivity contribution in [1.29, 1.82) is 0 Å². The van der Waals surface area contributed by atoms with Crippen LogP contribution in [0.2, 0.25) is 0 Å². The van der Waals surface area contributed by atoms with E-state index in [1.54, 1.807) is 0 Å². The molecule has 7 heteroatoms. The van der Waals surface area contributed by atoms with Crippen molar-refractivity contribution < 1.29 is 27.8 Å². The SMILES string of the molecule is CCOCCCC(=O)N1CCC(O)(C(F)(F)F)CC1. The van der Waals surface area contributed by atoms with Gasteiger partial charge in [-0.05, 0) is 13.3 Å². The van der Waals surface area contributed by atoms with E-state index < -0.39 is 24.6 Å². The fourth-order valence-electron chi connectivity index (χ4n) is 2.04. The highest BCUT2D eigenvalue weighted by Gasteiger charge is 2.54. The van der Waals surface area contributed by atoms with Crippen molar-refractivity contribution in [2.75, 3.05) is 26.3 Å². The van der Waals surface area contributed by atoms with E-state index >= 15 is 0 Å². The minimum absolute atomic E-state index is 0.0521. The maximum absolute atomic E-state index is 12.6. The van der Waals surface area contributed by atoms with Crippen LogP contribution in [0.15, 0.2) is 0 Å². The van der Waals surface area contributed by atoms with E-state index in [1.807, 2.05) is 6.92 Å². The van der Waals surface area contributed by atoms with Crippen LogP contribution in [0, 0.1) is 0 Å². The number of carbonyl (C=O) groups is 1. The van der Waals surface area contributed by atoms with Crippen molar-refractivity contribution in [3.8, 4) is 0 Å². The molecule has 0 aliphatic carbocycles. The van der Waals surface area contributed by atoms with Crippen LogP contribution in [0.1, 0.15) is 32.6 Å². The van der Waals surface area contributed by atoms with Gasteiger partial charge in [0.05, 0.1) is 0 Å². The Morgan fingerprint density at radius 1 is 1.37 bits per heavy atom. The summed E-state index contributed by atoms with van der Waals surface area (Å²) >= 11 is 0. The smallest absolute Gasteiger partial charge is 0.382 e. The van der Waals surface area contributed by atoms with Crippen LogP contribution >= 0.6 is 0 Å². The zero-order chi connectivity index (χ0) is 14.5. The van der Waals surface area contributed by atoms with Crippen molar-refractivity contribution in [2.24, 2.45) is 0 Å². The van der Waals surface area contributed by atoms with Gasteiger partial charge in [-0.1, -0.05) is 0 Å². The van der Waals surface area contributed by atoms with E-state index in [0.717, 1.165) is 0 Å². The fraction of sp³-hybridized carbons (Fsp3) is 0.917. The number of aliphatic hydroxyl groups is 1. The Morgan fingerprint density at radius 2 is 1.95 bits per heavy atom. The largest absolute Gasteiger partial charge is 0.417 e. The summed E-state index contributed by atoms with van der Waals surface area (Å²) < 4.78 is 42.8. The molecule has 4 nitrogen and oxygen atoms in total. The first kappa shape index (κ1) is 16.2. The molecular formula is C12H20F3NO3. The molecule has 0 aromatic heterocycles. The van der Waals surface area contributed by atoms with Gasteiger partial charge in [-0.3, -0.25) is 4.79 Å². The zero-order valence-electron chi connectivity index (χ0n) is 11.0. The van der Waals surface area contributed by atoms with Crippen molar-refractivity contribution in [1.82, 2.24) is 4.90 Å². The molecule has 1 aliphatic rings. The lowest BCUT2D eigenvalue weighted by Gasteiger charge is -2.39. The average molecular weight is 283 g/mol. The minimum Gasteiger partial charge on any atom is -0.382 e. The van der Waals surface area contributed by atoms with Crippen LogP contribution in [-0.4, -0.2) is 54.0 Å². The van der Waals surface area contributed by atoms with E-state index in [4.69, 9.17) is 4.74 Å². The predicted octanol–water partition coefficient (Wildman–Crippen LogP) is 1.72. The molecule has 1 saturated heterocycles. The average Bonchev–Trinajstić information content (AvgIpc) is 2.34. The van der Waals surface area contributed by atoms with Crippen molar-refractivity contribution in [3.05, 3.63) is 0 Å². The Balaban J connectivity index is 2.35. The van der Waals surface area contributed by atoms with Crippen molar-refractivity contribution >= 4 is 5.91 Å². The molecule has 0 bridgehead atoms. The molecule has 1 rings (SSSR count). The van der Waals surface area contributed by atoms with Crippen molar-refractivity contribution in [3.63, 3.8) is 0 Å². The van der Waals surface area contributed by atoms with E-state index in [9.17, 15) is 23.1 Å². The quantitative estimate of drug-likeness (QED) is 0.782. The number of alkyl halides is 3. The fourth-order valence-corrected chi connectivity index (χ4v) is 2.04. The van der Waals surface area contributed by atoms with Crippen LogP contribution in [0.5, 0.6) is 0 Å². The molecule has 19 heavy (non-hydrogen) atoms. The number of hydrogen-bond donors (Lipinski definition) is 1. The summed E-state index contributed by atoms with van der Waals surface area (Å²) in [5, 5.41) is 9.47. The first-order valence-corrected chi connectivity index (χ1v) is 6.45. The summed E-state index contributed by atoms with van der Waals surface area (Å²) in [5.74, 6) is -0.177. The van der Waals surface area contributed by atoms with E-state index in [-0.39, 0.29) is 25.4 Å². The Labute approximate surface area is 110 Å². The van der Waals surface area contributed by atoms with Crippen molar-refractivity contribution in [2.45, 2.75) is 44.4 Å². The molecule has 0 unspecified atom stereocenters. The predicted molar refractivity (Wildman–Crippen MR) is 62.5 cm³/mol. The molecule has 1 heterocycles. The number of rotatable bonds is 5. The summed E-state index contributed by atoms with van der Waals surface area (Å²) in [5.41, 5.74) is -2.64. The maximum Gasteiger partial charge on any atom is 0.417 e. The zero-order valence-corrected chi connectivity index (χ0v) is 11.0. The summed E-state index contributed by atoms with van der Waals surface area (Å²) in [6.45, 7) is 2.80. The molecule has 0 spiro atoms. The van der Waals surface area contributed by atoms with Gasteiger partial charge in [-0.2, -0.15) is 13.2 Å². The third-order valence-corrected chi connectivity index (χ3v) is 3.35. The maximum atomic E-state index is 12.6. The molecule has 1 N–H and O–H groups in total. The van der Waals surface area contributed by atoms with Crippen LogP contribution in [0.3, 0.4) is 0 Å². The second-order valence-corrected chi connectivity index (χ2v) is 4.71. The van der Waals surface area contributed by atoms with E-state index in [1.165, 1.54) is 4.90 Å². The standard InChI is InChI=1S/C12H20F3NO3/c1-2-19-9-3-4-10(17)16-7-5-11(18,6-8-16)12(13,14)15/h18H,2-9H2,1H3. The topological polar surface area (TPSA) is 49.8 Å². The van der Waals surface area contributed by atoms with Gasteiger partial charge in [0.2, 0.25) is 5.91 Å². The molecule has 0 atom stereocenters. The van der Waals surface area contributed by atoms with E-state index in [0.29, 0.717) is 19.6 Å². The summed E-state index contributed by atoms with van der Waals surface area (Å²) in [6, 6.07) is 0. The number of likely N-dealkylation sites (tertiary alicyclic amines) is 1. The summed E-state index contributed by atoms with van der Waals surface area (Å²) in [4.78, 5) is 13.1. The number of carbonyl (C=O) groups excluding carboxylic acids is 1. The second kappa shape index (κ2) is 6.56. The number of amides is 1. The number of piperidine rings is 1. The van der Waals surface area contributed by atoms with Gasteiger partial charge in [0.15, 0.2) is 5.60 Å². The molecule has 0 aromatic carbocycles. The number of hydrogen-bond acceptors (Lipinski definition) is 3. The lowest BCUT2D eigenvalue weighted by Crippen LogP contribution is -2.54. The summed E-state index contributed by atoms with van der Waals surface area (Å²) in [7, 11) is 0. The van der Waals surface area contributed by atoms with Gasteiger partial charge in [-0.15, -0.1) is 0 Å². The highest BCUT2D eigenvalue weighted by molar-refractivity contribution is 5.76. The van der Waals surface area contributed by atoms with Gasteiger partial charge in [0.1, 0.15) is 0 Å². The van der Waals surface area contributed by atoms with Gasteiger partial charge < -0.3 is 14.7 Å². The number of halogens is 3. The highest BCUT2D eigenvalue weighted by atomic mass is 19.4. The molecule has 1 amide bonds. The first-order chi connectivity index (χ1) is 8.80. The van der Waals surface area contributed by atoms with Crippen LogP contribution in [0.25, 0.3) is 0 Å². The lowest BCUT2D eigenvalue weighted by atomic mass is 9.90. The molecule has 1 aliphatic heterocycles. The third-order valence-electron chi connectivity index (χ3n) is 3.35. The Morgan fingerprint density at radius 3 is 2.42 bits per heavy atom. The monoisotopic (exact) mass is 283 g/mol. The Bertz CT molecular complexity index is 299. The van der Waals surface area contributed by atoms with Crippen LogP contribution < -0.4 is 0 Å². The summed E-state index contributed by atoms with van der Waals surface area (Å²) in [6.07, 6.45) is -4.70. The van der Waals surface area contributed by atoms with Gasteiger partial charge >= 0.3 is 6.18 Å². The molecule has 0 radical (unpaired) electrons. The van der Waals surface area contributed by atoms with Gasteiger partial charge in [0.25, 0.3) is 0 Å². The minimum atomic E-state index is -4.63. The normalized spacial score (nSPS) is 19.5. The highest BCUT2D eigenvalue weighted by Crippen LogP contribution is 2.38. The van der Waals surface area contributed by atoms with Gasteiger partial charge in [-0.25, -0.2) is 0 Å². The number of ether oxygens (including phenoxy) is 1. The van der Waals surface area contributed by atoms with Crippen LogP contribution in [0.4, 0.5) is 13.2 Å². The lowest BCUT2D eigenvalue weighted by molar-refractivity contribution is -0.272. The Hall–Kier alpha value is -0.820. The number of nitrogens with zero attached hydrogens (tertiary/aromatic N) is 1. The molecule has 0 saturated carbocycles. The molecule has 0 aromatic rings. The second-order valence-electron chi connectivity index (χ2n) is 4.71. The molecule has 1 fully saturated rings. The van der Waals surface area contributed by atoms with Crippen LogP contribution in [-0.2, 0) is 9.53 Å².